The fourth-order valence-corrected chi connectivity index (χ4v) is 3.45. The molecule has 0 bridgehead atoms. The van der Waals surface area contributed by atoms with Gasteiger partial charge in [0.1, 0.15) is 0 Å². The second kappa shape index (κ2) is 10.9. The summed E-state index contributed by atoms with van der Waals surface area (Å²) in [5.41, 5.74) is 2.54. The standard InChI is InChI=1S/C23H30N2O2/c26-23(24-15-7-12-20-8-3-1-4-9-20)18-25-16-13-22(14-17-25)27-19-21-10-5-2-6-11-21/h1-6,8-11,22H,7,12-19H2,(H,24,26). The molecule has 1 fully saturated rings. The minimum atomic E-state index is 0.131. The Hall–Kier alpha value is -2.17. The first-order valence-electron chi connectivity index (χ1n) is 9.98. The highest BCUT2D eigenvalue weighted by Crippen LogP contribution is 2.15. The van der Waals surface area contributed by atoms with Crippen molar-refractivity contribution in [3.05, 3.63) is 71.8 Å². The van der Waals surface area contributed by atoms with Crippen LogP contribution in [0.4, 0.5) is 0 Å². The fourth-order valence-electron chi connectivity index (χ4n) is 3.45. The maximum absolute atomic E-state index is 12.1. The molecule has 4 nitrogen and oxygen atoms in total. The Balaban J connectivity index is 1.25. The Morgan fingerprint density at radius 2 is 1.59 bits per heavy atom. The summed E-state index contributed by atoms with van der Waals surface area (Å²) in [4.78, 5) is 14.4. The average Bonchev–Trinajstić information content (AvgIpc) is 2.72. The molecule has 0 radical (unpaired) electrons. The van der Waals surface area contributed by atoms with Gasteiger partial charge in [-0.1, -0.05) is 60.7 Å². The van der Waals surface area contributed by atoms with Crippen molar-refractivity contribution >= 4 is 5.91 Å². The first-order chi connectivity index (χ1) is 13.3. The molecule has 1 aliphatic rings. The highest BCUT2D eigenvalue weighted by Gasteiger charge is 2.21. The monoisotopic (exact) mass is 366 g/mol. The third-order valence-corrected chi connectivity index (χ3v) is 5.04. The Bertz CT molecular complexity index is 667. The van der Waals surface area contributed by atoms with E-state index in [2.05, 4.69) is 46.6 Å². The minimum absolute atomic E-state index is 0.131. The third-order valence-electron chi connectivity index (χ3n) is 5.04. The van der Waals surface area contributed by atoms with Crippen LogP contribution in [0.1, 0.15) is 30.4 Å². The van der Waals surface area contributed by atoms with Gasteiger partial charge in [0, 0.05) is 19.6 Å². The molecule has 1 N–H and O–H groups in total. The van der Waals surface area contributed by atoms with Crippen LogP contribution in [0.25, 0.3) is 0 Å². The Kier molecular flexibility index (Phi) is 7.87. The highest BCUT2D eigenvalue weighted by molar-refractivity contribution is 5.77. The maximum Gasteiger partial charge on any atom is 0.234 e. The van der Waals surface area contributed by atoms with Crippen LogP contribution in [0.2, 0.25) is 0 Å². The predicted molar refractivity (Wildman–Crippen MR) is 108 cm³/mol. The zero-order valence-corrected chi connectivity index (χ0v) is 16.0. The van der Waals surface area contributed by atoms with Gasteiger partial charge in [0.15, 0.2) is 0 Å². The summed E-state index contributed by atoms with van der Waals surface area (Å²) in [5, 5.41) is 3.05. The lowest BCUT2D eigenvalue weighted by Gasteiger charge is -2.31. The molecule has 144 valence electrons. The topological polar surface area (TPSA) is 41.6 Å². The zero-order chi connectivity index (χ0) is 18.7. The van der Waals surface area contributed by atoms with E-state index in [1.165, 1.54) is 11.1 Å². The van der Waals surface area contributed by atoms with Gasteiger partial charge in [0.05, 0.1) is 19.3 Å². The molecule has 2 aromatic carbocycles. The normalized spacial score (nSPS) is 15.6. The molecule has 1 heterocycles. The molecular formula is C23H30N2O2. The van der Waals surface area contributed by atoms with Gasteiger partial charge < -0.3 is 10.1 Å². The van der Waals surface area contributed by atoms with E-state index in [-0.39, 0.29) is 5.91 Å². The molecule has 27 heavy (non-hydrogen) atoms. The van der Waals surface area contributed by atoms with Crippen LogP contribution in [-0.2, 0) is 22.6 Å². The molecule has 0 saturated carbocycles. The number of likely N-dealkylation sites (tertiary alicyclic amines) is 1. The first kappa shape index (κ1) is 19.6. The van der Waals surface area contributed by atoms with Gasteiger partial charge in [-0.25, -0.2) is 0 Å². The maximum atomic E-state index is 12.1. The van der Waals surface area contributed by atoms with Crippen molar-refractivity contribution in [1.29, 1.82) is 0 Å². The summed E-state index contributed by atoms with van der Waals surface area (Å²) in [6.45, 7) is 3.77. The quantitative estimate of drug-likeness (QED) is 0.692. The number of amides is 1. The lowest BCUT2D eigenvalue weighted by molar-refractivity contribution is -0.123. The van der Waals surface area contributed by atoms with Crippen molar-refractivity contribution in [1.82, 2.24) is 10.2 Å². The van der Waals surface area contributed by atoms with Crippen LogP contribution in [0.15, 0.2) is 60.7 Å². The van der Waals surface area contributed by atoms with Crippen molar-refractivity contribution < 1.29 is 9.53 Å². The lowest BCUT2D eigenvalue weighted by atomic mass is 10.1. The number of ether oxygens (including phenoxy) is 1. The van der Waals surface area contributed by atoms with E-state index in [0.29, 0.717) is 19.3 Å². The minimum Gasteiger partial charge on any atom is -0.373 e. The van der Waals surface area contributed by atoms with Crippen LogP contribution in [0, 0.1) is 0 Å². The molecule has 0 atom stereocenters. The molecule has 0 unspecified atom stereocenters. The number of carbonyl (C=O) groups is 1. The van der Waals surface area contributed by atoms with Gasteiger partial charge in [-0.3, -0.25) is 9.69 Å². The second-order valence-electron chi connectivity index (χ2n) is 7.21. The number of aryl methyl sites for hydroxylation is 1. The van der Waals surface area contributed by atoms with Gasteiger partial charge >= 0.3 is 0 Å². The Morgan fingerprint density at radius 1 is 0.963 bits per heavy atom. The number of nitrogens with zero attached hydrogens (tertiary/aromatic N) is 1. The molecule has 0 aliphatic carbocycles. The number of hydrogen-bond donors (Lipinski definition) is 1. The summed E-state index contributed by atoms with van der Waals surface area (Å²) < 4.78 is 6.02. The highest BCUT2D eigenvalue weighted by atomic mass is 16.5. The third kappa shape index (κ3) is 7.16. The number of hydrogen-bond acceptors (Lipinski definition) is 3. The summed E-state index contributed by atoms with van der Waals surface area (Å²) in [6.07, 6.45) is 4.27. The SMILES string of the molecule is O=C(CN1CCC(OCc2ccccc2)CC1)NCCCc1ccccc1. The Morgan fingerprint density at radius 3 is 2.26 bits per heavy atom. The smallest absolute Gasteiger partial charge is 0.234 e. The molecule has 4 heteroatoms. The van der Waals surface area contributed by atoms with Crippen LogP contribution >= 0.6 is 0 Å². The van der Waals surface area contributed by atoms with E-state index in [1.807, 2.05) is 24.3 Å². The molecular weight excluding hydrogens is 336 g/mol. The number of nitrogens with one attached hydrogen (secondary N) is 1. The van der Waals surface area contributed by atoms with Gasteiger partial charge in [0.25, 0.3) is 0 Å². The van der Waals surface area contributed by atoms with E-state index in [1.54, 1.807) is 0 Å². The van der Waals surface area contributed by atoms with Gasteiger partial charge in [-0.2, -0.15) is 0 Å². The van der Waals surface area contributed by atoms with Gasteiger partial charge in [-0.05, 0) is 36.8 Å². The molecule has 1 saturated heterocycles. The first-order valence-corrected chi connectivity index (χ1v) is 9.98. The van der Waals surface area contributed by atoms with Crippen LogP contribution in [0.5, 0.6) is 0 Å². The van der Waals surface area contributed by atoms with Crippen LogP contribution in [0.3, 0.4) is 0 Å². The van der Waals surface area contributed by atoms with E-state index in [0.717, 1.165) is 45.3 Å². The molecule has 0 spiro atoms. The van der Waals surface area contributed by atoms with Crippen molar-refractivity contribution in [2.75, 3.05) is 26.2 Å². The van der Waals surface area contributed by atoms with Crippen molar-refractivity contribution in [3.63, 3.8) is 0 Å². The van der Waals surface area contributed by atoms with E-state index >= 15 is 0 Å². The fraction of sp³-hybridized carbons (Fsp3) is 0.435. The molecule has 2 aromatic rings. The summed E-state index contributed by atoms with van der Waals surface area (Å²) >= 11 is 0. The van der Waals surface area contributed by atoms with Gasteiger partial charge in [-0.15, -0.1) is 0 Å². The second-order valence-corrected chi connectivity index (χ2v) is 7.21. The van der Waals surface area contributed by atoms with Crippen LogP contribution < -0.4 is 5.32 Å². The van der Waals surface area contributed by atoms with Crippen LogP contribution in [-0.4, -0.2) is 43.1 Å². The average molecular weight is 367 g/mol. The molecule has 3 rings (SSSR count). The van der Waals surface area contributed by atoms with E-state index < -0.39 is 0 Å². The number of rotatable bonds is 9. The zero-order valence-electron chi connectivity index (χ0n) is 16.0. The lowest BCUT2D eigenvalue weighted by Crippen LogP contribution is -2.43. The van der Waals surface area contributed by atoms with Crippen molar-refractivity contribution in [3.8, 4) is 0 Å². The molecule has 0 aromatic heterocycles. The summed E-state index contributed by atoms with van der Waals surface area (Å²) in [7, 11) is 0. The molecule has 1 aliphatic heterocycles. The number of piperidine rings is 1. The van der Waals surface area contributed by atoms with Crippen molar-refractivity contribution in [2.45, 2.75) is 38.4 Å². The largest absolute Gasteiger partial charge is 0.373 e. The Labute approximate surface area is 162 Å². The predicted octanol–water partition coefficient (Wildman–Crippen LogP) is 3.42. The van der Waals surface area contributed by atoms with Gasteiger partial charge in [0.2, 0.25) is 5.91 Å². The number of benzene rings is 2. The van der Waals surface area contributed by atoms with Crippen molar-refractivity contribution in [2.24, 2.45) is 0 Å². The molecule has 1 amide bonds. The summed E-state index contributed by atoms with van der Waals surface area (Å²) in [5.74, 6) is 0.131. The number of carbonyl (C=O) groups excluding carboxylic acids is 1. The summed E-state index contributed by atoms with van der Waals surface area (Å²) in [6, 6.07) is 20.7. The van der Waals surface area contributed by atoms with E-state index in [9.17, 15) is 4.79 Å². The van der Waals surface area contributed by atoms with E-state index in [4.69, 9.17) is 4.74 Å².